The zero-order chi connectivity index (χ0) is 14.4. The lowest BCUT2D eigenvalue weighted by Gasteiger charge is -2.16. The van der Waals surface area contributed by atoms with Gasteiger partial charge >= 0.3 is 0 Å². The van der Waals surface area contributed by atoms with E-state index >= 15 is 0 Å². The first-order chi connectivity index (χ1) is 9.74. The third-order valence-corrected chi connectivity index (χ3v) is 3.55. The highest BCUT2D eigenvalue weighted by molar-refractivity contribution is 5.94. The summed E-state index contributed by atoms with van der Waals surface area (Å²) < 4.78 is 0. The molecule has 4 nitrogen and oxygen atoms in total. The van der Waals surface area contributed by atoms with Crippen LogP contribution in [0.15, 0.2) is 24.3 Å². The summed E-state index contributed by atoms with van der Waals surface area (Å²) in [6.45, 7) is 1.51. The fraction of sp³-hybridized carbons (Fsp3) is 0.438. The molecule has 1 aromatic carbocycles. The summed E-state index contributed by atoms with van der Waals surface area (Å²) in [5.41, 5.74) is 1.44. The van der Waals surface area contributed by atoms with Gasteiger partial charge in [0.1, 0.15) is 6.61 Å². The normalized spacial score (nSPS) is 17.7. The molecular weight excluding hydrogens is 254 g/mol. The van der Waals surface area contributed by atoms with E-state index in [1.165, 1.54) is 0 Å². The van der Waals surface area contributed by atoms with Gasteiger partial charge in [-0.3, -0.25) is 4.79 Å². The molecule has 1 aromatic rings. The Morgan fingerprint density at radius 1 is 1.30 bits per heavy atom. The van der Waals surface area contributed by atoms with Gasteiger partial charge in [-0.1, -0.05) is 11.8 Å². The average molecular weight is 273 g/mol. The van der Waals surface area contributed by atoms with E-state index in [4.69, 9.17) is 10.2 Å². The molecule has 2 N–H and O–H groups in total. The number of hydrogen-bond donors (Lipinski definition) is 2. The fourth-order valence-corrected chi connectivity index (χ4v) is 2.46. The SMILES string of the molecule is O=C(c1ccc(C#CCO)cc1)N1CCC(CCO)C1. The first-order valence-electron chi connectivity index (χ1n) is 6.84. The minimum atomic E-state index is -0.166. The standard InChI is InChI=1S/C16H19NO3/c18-10-1-2-13-3-5-15(6-4-13)16(20)17-9-7-14(12-17)8-11-19/h3-6,14,18-19H,7-12H2. The lowest BCUT2D eigenvalue weighted by atomic mass is 10.1. The van der Waals surface area contributed by atoms with Gasteiger partial charge in [-0.2, -0.15) is 0 Å². The molecule has 4 heteroatoms. The molecule has 106 valence electrons. The number of nitrogens with zero attached hydrogens (tertiary/aromatic N) is 1. The van der Waals surface area contributed by atoms with Crippen molar-refractivity contribution in [1.82, 2.24) is 4.90 Å². The van der Waals surface area contributed by atoms with Gasteiger partial charge in [-0.25, -0.2) is 0 Å². The molecule has 0 radical (unpaired) electrons. The highest BCUT2D eigenvalue weighted by Crippen LogP contribution is 2.21. The molecule has 0 spiro atoms. The summed E-state index contributed by atoms with van der Waals surface area (Å²) in [5.74, 6) is 5.83. The predicted molar refractivity (Wildman–Crippen MR) is 76.1 cm³/mol. The number of rotatable bonds is 3. The van der Waals surface area contributed by atoms with E-state index in [0.29, 0.717) is 11.5 Å². The molecule has 1 atom stereocenters. The van der Waals surface area contributed by atoms with Gasteiger partial charge in [0.15, 0.2) is 0 Å². The lowest BCUT2D eigenvalue weighted by molar-refractivity contribution is 0.0784. The van der Waals surface area contributed by atoms with Crippen LogP contribution in [0.4, 0.5) is 0 Å². The van der Waals surface area contributed by atoms with Crippen molar-refractivity contribution in [3.8, 4) is 11.8 Å². The van der Waals surface area contributed by atoms with Gasteiger partial charge in [0, 0.05) is 30.8 Å². The summed E-state index contributed by atoms with van der Waals surface area (Å²) in [6.07, 6.45) is 1.73. The van der Waals surface area contributed by atoms with Crippen molar-refractivity contribution < 1.29 is 15.0 Å². The average Bonchev–Trinajstić information content (AvgIpc) is 2.94. The van der Waals surface area contributed by atoms with Gasteiger partial charge in [0.2, 0.25) is 0 Å². The maximum absolute atomic E-state index is 12.3. The Morgan fingerprint density at radius 2 is 2.05 bits per heavy atom. The molecule has 1 fully saturated rings. The van der Waals surface area contributed by atoms with Gasteiger partial charge in [0.05, 0.1) is 0 Å². The zero-order valence-electron chi connectivity index (χ0n) is 11.4. The number of aliphatic hydroxyl groups excluding tert-OH is 2. The predicted octanol–water partition coefficient (Wildman–Crippen LogP) is 0.875. The van der Waals surface area contributed by atoms with E-state index in [9.17, 15) is 4.79 Å². The Morgan fingerprint density at radius 3 is 2.70 bits per heavy atom. The molecule has 0 aliphatic carbocycles. The number of amides is 1. The number of benzene rings is 1. The van der Waals surface area contributed by atoms with E-state index in [1.54, 1.807) is 24.3 Å². The van der Waals surface area contributed by atoms with Gasteiger partial charge in [0.25, 0.3) is 5.91 Å². The number of carbonyl (C=O) groups excluding carboxylic acids is 1. The molecule has 0 bridgehead atoms. The second-order valence-corrected chi connectivity index (χ2v) is 4.96. The van der Waals surface area contributed by atoms with Crippen molar-refractivity contribution in [3.05, 3.63) is 35.4 Å². The first kappa shape index (κ1) is 14.6. The van der Waals surface area contributed by atoms with Crippen LogP contribution in [0.3, 0.4) is 0 Å². The largest absolute Gasteiger partial charge is 0.396 e. The number of carbonyl (C=O) groups is 1. The molecule has 1 heterocycles. The second-order valence-electron chi connectivity index (χ2n) is 4.96. The summed E-state index contributed by atoms with van der Waals surface area (Å²) in [6, 6.07) is 7.11. The molecule has 2 rings (SSSR count). The van der Waals surface area contributed by atoms with Gasteiger partial charge in [-0.05, 0) is 43.0 Å². The van der Waals surface area contributed by atoms with Crippen molar-refractivity contribution in [3.63, 3.8) is 0 Å². The Kier molecular flexibility index (Phi) is 5.16. The van der Waals surface area contributed by atoms with E-state index in [1.807, 2.05) is 4.90 Å². The number of likely N-dealkylation sites (tertiary alicyclic amines) is 1. The first-order valence-corrected chi connectivity index (χ1v) is 6.84. The highest BCUT2D eigenvalue weighted by Gasteiger charge is 2.26. The molecule has 1 aliphatic heterocycles. The molecule has 1 unspecified atom stereocenters. The van der Waals surface area contributed by atoms with Crippen LogP contribution >= 0.6 is 0 Å². The molecule has 1 saturated heterocycles. The van der Waals surface area contributed by atoms with Crippen molar-refractivity contribution in [2.75, 3.05) is 26.3 Å². The molecule has 20 heavy (non-hydrogen) atoms. The molecule has 0 aromatic heterocycles. The molecular formula is C16H19NO3. The van der Waals surface area contributed by atoms with E-state index in [0.717, 1.165) is 31.5 Å². The fourth-order valence-electron chi connectivity index (χ4n) is 2.46. The third-order valence-electron chi connectivity index (χ3n) is 3.55. The Hall–Kier alpha value is -1.83. The maximum Gasteiger partial charge on any atom is 0.253 e. The van der Waals surface area contributed by atoms with Crippen LogP contribution in [0.25, 0.3) is 0 Å². The van der Waals surface area contributed by atoms with Crippen LogP contribution < -0.4 is 0 Å². The van der Waals surface area contributed by atoms with Crippen LogP contribution in [0.1, 0.15) is 28.8 Å². The van der Waals surface area contributed by atoms with Gasteiger partial charge < -0.3 is 15.1 Å². The van der Waals surface area contributed by atoms with Gasteiger partial charge in [-0.15, -0.1) is 0 Å². The summed E-state index contributed by atoms with van der Waals surface area (Å²) in [7, 11) is 0. The Bertz CT molecular complexity index is 513. The van der Waals surface area contributed by atoms with Crippen LogP contribution in [-0.2, 0) is 0 Å². The lowest BCUT2D eigenvalue weighted by Crippen LogP contribution is -2.28. The summed E-state index contributed by atoms with van der Waals surface area (Å²) in [5, 5.41) is 17.6. The number of hydrogen-bond acceptors (Lipinski definition) is 3. The third kappa shape index (κ3) is 3.60. The Balaban J connectivity index is 1.99. The van der Waals surface area contributed by atoms with E-state index in [-0.39, 0.29) is 19.1 Å². The van der Waals surface area contributed by atoms with E-state index in [2.05, 4.69) is 11.8 Å². The minimum Gasteiger partial charge on any atom is -0.396 e. The van der Waals surface area contributed by atoms with Crippen molar-refractivity contribution in [1.29, 1.82) is 0 Å². The monoisotopic (exact) mass is 273 g/mol. The van der Waals surface area contributed by atoms with Crippen molar-refractivity contribution in [2.45, 2.75) is 12.8 Å². The molecule has 0 saturated carbocycles. The van der Waals surface area contributed by atoms with E-state index < -0.39 is 0 Å². The second kappa shape index (κ2) is 7.09. The zero-order valence-corrected chi connectivity index (χ0v) is 11.4. The Labute approximate surface area is 119 Å². The van der Waals surface area contributed by atoms with Crippen LogP contribution in [-0.4, -0.2) is 47.3 Å². The topological polar surface area (TPSA) is 60.8 Å². The smallest absolute Gasteiger partial charge is 0.253 e. The van der Waals surface area contributed by atoms with Crippen LogP contribution in [0, 0.1) is 17.8 Å². The van der Waals surface area contributed by atoms with Crippen molar-refractivity contribution >= 4 is 5.91 Å². The molecule has 1 amide bonds. The van der Waals surface area contributed by atoms with Crippen LogP contribution in [0.2, 0.25) is 0 Å². The summed E-state index contributed by atoms with van der Waals surface area (Å²) in [4.78, 5) is 14.2. The summed E-state index contributed by atoms with van der Waals surface area (Å²) >= 11 is 0. The van der Waals surface area contributed by atoms with Crippen LogP contribution in [0.5, 0.6) is 0 Å². The minimum absolute atomic E-state index is 0.0344. The molecule has 1 aliphatic rings. The van der Waals surface area contributed by atoms with Crippen molar-refractivity contribution in [2.24, 2.45) is 5.92 Å². The highest BCUT2D eigenvalue weighted by atomic mass is 16.3. The quantitative estimate of drug-likeness (QED) is 0.804. The number of aliphatic hydroxyl groups is 2. The maximum atomic E-state index is 12.3.